The second-order valence-electron chi connectivity index (χ2n) is 6.91. The zero-order chi connectivity index (χ0) is 19.0. The summed E-state index contributed by atoms with van der Waals surface area (Å²) in [7, 11) is 5.27. The van der Waals surface area contributed by atoms with Crippen LogP contribution < -0.4 is 9.47 Å². The van der Waals surface area contributed by atoms with Gasteiger partial charge in [-0.3, -0.25) is 4.79 Å². The molecule has 0 aliphatic carbocycles. The molecule has 1 aliphatic heterocycles. The molecule has 4 rings (SSSR count). The Balaban J connectivity index is 1.73. The number of fused-ring (bicyclic) bond motifs is 1. The van der Waals surface area contributed by atoms with Gasteiger partial charge in [-0.25, -0.2) is 0 Å². The molecule has 0 spiro atoms. The lowest BCUT2D eigenvalue weighted by molar-refractivity contribution is 0.0724. The van der Waals surface area contributed by atoms with Crippen LogP contribution in [0.15, 0.2) is 48.5 Å². The monoisotopic (exact) mass is 364 g/mol. The lowest BCUT2D eigenvalue weighted by Gasteiger charge is -2.27. The summed E-state index contributed by atoms with van der Waals surface area (Å²) >= 11 is 0. The topological polar surface area (TPSA) is 43.7 Å². The second kappa shape index (κ2) is 6.99. The summed E-state index contributed by atoms with van der Waals surface area (Å²) in [5, 5.41) is 1.08. The van der Waals surface area contributed by atoms with Crippen molar-refractivity contribution < 1.29 is 14.3 Å². The normalized spacial score (nSPS) is 16.7. The number of aryl methyl sites for hydroxylation is 1. The van der Waals surface area contributed by atoms with Gasteiger partial charge in [0.05, 0.1) is 20.3 Å². The number of hydrogen-bond acceptors (Lipinski definition) is 3. The minimum Gasteiger partial charge on any atom is -0.497 e. The number of rotatable bonds is 4. The van der Waals surface area contributed by atoms with Gasteiger partial charge in [0.1, 0.15) is 17.2 Å². The van der Waals surface area contributed by atoms with E-state index in [-0.39, 0.29) is 11.9 Å². The van der Waals surface area contributed by atoms with E-state index in [0.29, 0.717) is 5.69 Å². The maximum atomic E-state index is 13.4. The third kappa shape index (κ3) is 2.93. The van der Waals surface area contributed by atoms with Crippen molar-refractivity contribution in [2.45, 2.75) is 18.9 Å². The minimum absolute atomic E-state index is 0.0134. The second-order valence-corrected chi connectivity index (χ2v) is 6.91. The number of methoxy groups -OCH3 is 2. The van der Waals surface area contributed by atoms with Gasteiger partial charge in [0.15, 0.2) is 0 Å². The molecule has 0 radical (unpaired) electrons. The maximum absolute atomic E-state index is 13.4. The Labute approximate surface area is 159 Å². The van der Waals surface area contributed by atoms with Crippen molar-refractivity contribution in [3.63, 3.8) is 0 Å². The minimum atomic E-state index is -0.0134. The van der Waals surface area contributed by atoms with E-state index in [1.54, 1.807) is 14.2 Å². The van der Waals surface area contributed by atoms with E-state index in [2.05, 4.69) is 0 Å². The van der Waals surface area contributed by atoms with Crippen LogP contribution in [-0.4, -0.2) is 36.1 Å². The van der Waals surface area contributed by atoms with E-state index in [0.717, 1.165) is 47.4 Å². The highest BCUT2D eigenvalue weighted by atomic mass is 16.5. The molecule has 0 bridgehead atoms. The van der Waals surface area contributed by atoms with Crippen LogP contribution in [-0.2, 0) is 7.05 Å². The van der Waals surface area contributed by atoms with Crippen molar-refractivity contribution in [2.75, 3.05) is 20.8 Å². The predicted molar refractivity (Wildman–Crippen MR) is 105 cm³/mol. The molecule has 2 heterocycles. The third-order valence-electron chi connectivity index (χ3n) is 5.48. The summed E-state index contributed by atoms with van der Waals surface area (Å²) in [4.78, 5) is 15.4. The Kier molecular flexibility index (Phi) is 4.52. The highest BCUT2D eigenvalue weighted by Gasteiger charge is 2.34. The SMILES string of the molecule is COc1ccc(OC)c(C2CCCN2C(=O)c2cc3ccccc3n2C)c1. The standard InChI is InChI=1S/C22H24N2O3/c1-23-18-8-5-4-7-15(18)13-20(23)22(25)24-12-6-9-19(24)17-14-16(26-2)10-11-21(17)27-3/h4-5,7-8,10-11,13-14,19H,6,9,12H2,1-3H3. The van der Waals surface area contributed by atoms with Gasteiger partial charge in [0.25, 0.3) is 5.91 Å². The molecule has 1 fully saturated rings. The van der Waals surface area contributed by atoms with Gasteiger partial charge in [0.2, 0.25) is 0 Å². The van der Waals surface area contributed by atoms with Gasteiger partial charge >= 0.3 is 0 Å². The fourth-order valence-electron chi connectivity index (χ4n) is 4.07. The fraction of sp³-hybridized carbons (Fsp3) is 0.318. The molecule has 5 nitrogen and oxygen atoms in total. The van der Waals surface area contributed by atoms with Crippen molar-refractivity contribution in [3.8, 4) is 11.5 Å². The Hall–Kier alpha value is -2.95. The van der Waals surface area contributed by atoms with Crippen molar-refractivity contribution in [2.24, 2.45) is 7.05 Å². The van der Waals surface area contributed by atoms with Crippen LogP contribution in [0.2, 0.25) is 0 Å². The molecule has 3 aromatic rings. The molecule has 1 saturated heterocycles. The van der Waals surface area contributed by atoms with Crippen LogP contribution in [0.1, 0.15) is 34.9 Å². The first-order valence-corrected chi connectivity index (χ1v) is 9.21. The van der Waals surface area contributed by atoms with E-state index in [4.69, 9.17) is 9.47 Å². The molecule has 1 atom stereocenters. The third-order valence-corrected chi connectivity index (χ3v) is 5.48. The maximum Gasteiger partial charge on any atom is 0.271 e. The van der Waals surface area contributed by atoms with Crippen molar-refractivity contribution in [1.82, 2.24) is 9.47 Å². The Morgan fingerprint density at radius 1 is 1.07 bits per heavy atom. The van der Waals surface area contributed by atoms with Gasteiger partial charge < -0.3 is 18.9 Å². The molecule has 0 saturated carbocycles. The Bertz CT molecular complexity index is 992. The van der Waals surface area contributed by atoms with Crippen LogP contribution in [0.5, 0.6) is 11.5 Å². The average Bonchev–Trinajstić information content (AvgIpc) is 3.32. The van der Waals surface area contributed by atoms with Crippen LogP contribution in [0.4, 0.5) is 0 Å². The van der Waals surface area contributed by atoms with Crippen LogP contribution in [0.3, 0.4) is 0 Å². The van der Waals surface area contributed by atoms with Crippen LogP contribution in [0.25, 0.3) is 10.9 Å². The summed E-state index contributed by atoms with van der Waals surface area (Å²) in [6, 6.07) is 15.8. The Morgan fingerprint density at radius 2 is 1.89 bits per heavy atom. The molecule has 1 aromatic heterocycles. The van der Waals surface area contributed by atoms with E-state index in [1.807, 2.05) is 65.0 Å². The van der Waals surface area contributed by atoms with Crippen LogP contribution in [0, 0.1) is 0 Å². The van der Waals surface area contributed by atoms with E-state index in [9.17, 15) is 4.79 Å². The number of likely N-dealkylation sites (tertiary alicyclic amines) is 1. The lowest BCUT2D eigenvalue weighted by atomic mass is 10.0. The predicted octanol–water partition coefficient (Wildman–Crippen LogP) is 4.17. The van der Waals surface area contributed by atoms with Crippen molar-refractivity contribution in [3.05, 3.63) is 59.8 Å². The highest BCUT2D eigenvalue weighted by Crippen LogP contribution is 2.39. The largest absolute Gasteiger partial charge is 0.497 e. The smallest absolute Gasteiger partial charge is 0.271 e. The number of nitrogens with zero attached hydrogens (tertiary/aromatic N) is 2. The molecular formula is C22H24N2O3. The van der Waals surface area contributed by atoms with Gasteiger partial charge in [-0.15, -0.1) is 0 Å². The molecule has 0 N–H and O–H groups in total. The summed E-state index contributed by atoms with van der Waals surface area (Å²) in [6.07, 6.45) is 1.89. The van der Waals surface area contributed by atoms with Gasteiger partial charge in [-0.2, -0.15) is 0 Å². The number of hydrogen-bond donors (Lipinski definition) is 0. The summed E-state index contributed by atoms with van der Waals surface area (Å²) in [5.41, 5.74) is 2.78. The number of carbonyl (C=O) groups excluding carboxylic acids is 1. The quantitative estimate of drug-likeness (QED) is 0.698. The van der Waals surface area contributed by atoms with E-state index >= 15 is 0 Å². The first kappa shape index (κ1) is 17.5. The van der Waals surface area contributed by atoms with Gasteiger partial charge in [0, 0.05) is 30.1 Å². The molecule has 1 aliphatic rings. The lowest BCUT2D eigenvalue weighted by Crippen LogP contribution is -2.32. The number of benzene rings is 2. The first-order chi connectivity index (χ1) is 13.1. The zero-order valence-corrected chi connectivity index (χ0v) is 15.9. The Morgan fingerprint density at radius 3 is 2.63 bits per heavy atom. The molecule has 27 heavy (non-hydrogen) atoms. The number of amides is 1. The van der Waals surface area contributed by atoms with Crippen LogP contribution >= 0.6 is 0 Å². The number of aromatic nitrogens is 1. The first-order valence-electron chi connectivity index (χ1n) is 9.21. The highest BCUT2D eigenvalue weighted by molar-refractivity contribution is 5.99. The fourth-order valence-corrected chi connectivity index (χ4v) is 4.07. The zero-order valence-electron chi connectivity index (χ0n) is 15.9. The average molecular weight is 364 g/mol. The molecular weight excluding hydrogens is 340 g/mol. The van der Waals surface area contributed by atoms with Crippen molar-refractivity contribution >= 4 is 16.8 Å². The van der Waals surface area contributed by atoms with Gasteiger partial charge in [-0.1, -0.05) is 18.2 Å². The molecule has 1 unspecified atom stereocenters. The van der Waals surface area contributed by atoms with Gasteiger partial charge in [-0.05, 0) is 43.2 Å². The summed E-state index contributed by atoms with van der Waals surface area (Å²) in [6.45, 7) is 0.741. The number of para-hydroxylation sites is 1. The molecule has 5 heteroatoms. The molecule has 2 aromatic carbocycles. The number of ether oxygens (including phenoxy) is 2. The van der Waals surface area contributed by atoms with Crippen molar-refractivity contribution in [1.29, 1.82) is 0 Å². The van der Waals surface area contributed by atoms with E-state index < -0.39 is 0 Å². The summed E-state index contributed by atoms with van der Waals surface area (Å²) in [5.74, 6) is 1.62. The summed E-state index contributed by atoms with van der Waals surface area (Å²) < 4.78 is 12.9. The molecule has 1 amide bonds. The van der Waals surface area contributed by atoms with E-state index in [1.165, 1.54) is 0 Å². The number of carbonyl (C=O) groups is 1. The molecule has 140 valence electrons.